The largest absolute Gasteiger partial charge is 0.339 e. The van der Waals surface area contributed by atoms with E-state index in [-0.39, 0.29) is 17.9 Å². The van der Waals surface area contributed by atoms with Crippen LogP contribution in [0.2, 0.25) is 5.02 Å². The lowest BCUT2D eigenvalue weighted by molar-refractivity contribution is -0.170. The number of halogens is 2. The molecule has 1 atom stereocenters. The summed E-state index contributed by atoms with van der Waals surface area (Å²) in [5, 5.41) is 4.84. The molecule has 0 spiro atoms. The summed E-state index contributed by atoms with van der Waals surface area (Å²) in [6.07, 6.45) is 1.64. The minimum atomic E-state index is -0.911. The van der Waals surface area contributed by atoms with Gasteiger partial charge in [-0.25, -0.2) is 14.4 Å². The van der Waals surface area contributed by atoms with Crippen molar-refractivity contribution in [2.45, 2.75) is 12.5 Å². The molecule has 0 unspecified atom stereocenters. The number of aromatic amines is 1. The smallest absolute Gasteiger partial charge is 0.268 e. The second kappa shape index (κ2) is 8.37. The molecule has 2 heterocycles. The Morgan fingerprint density at radius 3 is 2.71 bits per heavy atom. The number of H-pyrrole nitrogens is 1. The molecule has 2 aromatic heterocycles. The third-order valence-corrected chi connectivity index (χ3v) is 4.43. The van der Waals surface area contributed by atoms with Crippen molar-refractivity contribution >= 4 is 34.4 Å². The fourth-order valence-corrected chi connectivity index (χ4v) is 2.88. The summed E-state index contributed by atoms with van der Waals surface area (Å²) in [6, 6.07) is 8.08. The molecule has 28 heavy (non-hydrogen) atoms. The Morgan fingerprint density at radius 1 is 1.32 bits per heavy atom. The number of nitrogens with zero attached hydrogens (tertiary/aromatic N) is 2. The number of carbonyl (C=O) groups excluding carboxylic acids is 2. The van der Waals surface area contributed by atoms with Gasteiger partial charge in [-0.2, -0.15) is 0 Å². The van der Waals surface area contributed by atoms with Gasteiger partial charge in [0.2, 0.25) is 0 Å². The predicted octanol–water partition coefficient (Wildman–Crippen LogP) is 2.72. The summed E-state index contributed by atoms with van der Waals surface area (Å²) in [4.78, 5) is 37.2. The number of hydrogen-bond acceptors (Lipinski definition) is 4. The predicted molar refractivity (Wildman–Crippen MR) is 102 cm³/mol. The van der Waals surface area contributed by atoms with E-state index in [1.165, 1.54) is 32.5 Å². The molecule has 0 fully saturated rings. The lowest BCUT2D eigenvalue weighted by atomic mass is 10.0. The summed E-state index contributed by atoms with van der Waals surface area (Å²) < 4.78 is 13.1. The highest BCUT2D eigenvalue weighted by molar-refractivity contribution is 6.31. The second-order valence-corrected chi connectivity index (χ2v) is 6.59. The number of carbonyl (C=O) groups is 2. The first-order valence-corrected chi connectivity index (χ1v) is 8.76. The highest BCUT2D eigenvalue weighted by Crippen LogP contribution is 2.18. The zero-order chi connectivity index (χ0) is 20.3. The van der Waals surface area contributed by atoms with Crippen LogP contribution in [0.5, 0.6) is 0 Å². The van der Waals surface area contributed by atoms with Gasteiger partial charge in [-0.3, -0.25) is 14.4 Å². The molecule has 3 rings (SSSR count). The number of aromatic nitrogens is 2. The van der Waals surface area contributed by atoms with Gasteiger partial charge in [-0.15, -0.1) is 0 Å². The zero-order valence-corrected chi connectivity index (χ0v) is 16.0. The Kier molecular flexibility index (Phi) is 5.91. The molecule has 0 saturated heterocycles. The van der Waals surface area contributed by atoms with E-state index in [2.05, 4.69) is 15.3 Å². The molecule has 7 nitrogen and oxygen atoms in total. The van der Waals surface area contributed by atoms with Crippen molar-refractivity contribution in [2.24, 2.45) is 0 Å². The van der Waals surface area contributed by atoms with E-state index in [0.717, 1.165) is 5.06 Å². The molecule has 1 aromatic carbocycles. The number of benzene rings is 1. The Labute approximate surface area is 165 Å². The fraction of sp³-hybridized carbons (Fsp3) is 0.211. The van der Waals surface area contributed by atoms with Gasteiger partial charge in [-0.1, -0.05) is 23.7 Å². The first-order valence-electron chi connectivity index (χ1n) is 8.38. The van der Waals surface area contributed by atoms with Gasteiger partial charge in [0.1, 0.15) is 23.2 Å². The molecule has 0 aliphatic rings. The molecule has 2 N–H and O–H groups in total. The van der Waals surface area contributed by atoms with Crippen molar-refractivity contribution in [3.05, 3.63) is 64.7 Å². The maximum absolute atomic E-state index is 13.1. The van der Waals surface area contributed by atoms with Crippen LogP contribution in [0.3, 0.4) is 0 Å². The average molecular weight is 405 g/mol. The van der Waals surface area contributed by atoms with Crippen LogP contribution in [0.25, 0.3) is 11.0 Å². The van der Waals surface area contributed by atoms with Crippen LogP contribution in [0, 0.1) is 5.82 Å². The number of hydrogen-bond donors (Lipinski definition) is 2. The van der Waals surface area contributed by atoms with Crippen LogP contribution >= 0.6 is 11.6 Å². The molecule has 146 valence electrons. The topological polar surface area (TPSA) is 87.3 Å². The molecule has 0 aliphatic heterocycles. The SMILES string of the molecule is CON(C)C(=O)[C@H](Cc1ccc(F)cc1)NC(=O)c1cc2cc(Cl)cnc2[nH]1. The third kappa shape index (κ3) is 4.47. The van der Waals surface area contributed by atoms with Gasteiger partial charge in [0.05, 0.1) is 12.1 Å². The quantitative estimate of drug-likeness (QED) is 0.618. The van der Waals surface area contributed by atoms with E-state index in [1.54, 1.807) is 24.3 Å². The Hall–Kier alpha value is -2.97. The number of amides is 2. The Balaban J connectivity index is 1.83. The van der Waals surface area contributed by atoms with Crippen molar-refractivity contribution in [3.8, 4) is 0 Å². The molecular weight excluding hydrogens is 387 g/mol. The normalized spacial score (nSPS) is 12.0. The van der Waals surface area contributed by atoms with Crippen LogP contribution in [-0.2, 0) is 16.1 Å². The highest BCUT2D eigenvalue weighted by atomic mass is 35.5. The minimum Gasteiger partial charge on any atom is -0.339 e. The standard InChI is InChI=1S/C19H18ClFN4O3/c1-25(28-2)19(27)16(7-11-3-5-14(21)6-4-11)24-18(26)15-9-12-8-13(20)10-22-17(12)23-15/h3-6,8-10,16H,7H2,1-2H3,(H,22,23)(H,24,26)/t16-/m0/s1. The summed E-state index contributed by atoms with van der Waals surface area (Å²) in [5.41, 5.74) is 1.43. The maximum Gasteiger partial charge on any atom is 0.268 e. The van der Waals surface area contributed by atoms with Crippen molar-refractivity contribution in [1.82, 2.24) is 20.3 Å². The number of pyridine rings is 1. The van der Waals surface area contributed by atoms with E-state index in [9.17, 15) is 14.0 Å². The van der Waals surface area contributed by atoms with Crippen molar-refractivity contribution < 1.29 is 18.8 Å². The van der Waals surface area contributed by atoms with Gasteiger partial charge >= 0.3 is 0 Å². The van der Waals surface area contributed by atoms with E-state index < -0.39 is 17.9 Å². The number of nitrogens with one attached hydrogen (secondary N) is 2. The van der Waals surface area contributed by atoms with E-state index in [1.807, 2.05) is 0 Å². The van der Waals surface area contributed by atoms with E-state index >= 15 is 0 Å². The zero-order valence-electron chi connectivity index (χ0n) is 15.2. The fourth-order valence-electron chi connectivity index (χ4n) is 2.71. The molecule has 9 heteroatoms. The summed E-state index contributed by atoms with van der Waals surface area (Å²) >= 11 is 5.92. The second-order valence-electron chi connectivity index (χ2n) is 6.15. The first-order chi connectivity index (χ1) is 13.4. The van der Waals surface area contributed by atoms with E-state index in [0.29, 0.717) is 21.6 Å². The van der Waals surface area contributed by atoms with Crippen molar-refractivity contribution in [1.29, 1.82) is 0 Å². The molecule has 0 bridgehead atoms. The van der Waals surface area contributed by atoms with Gasteiger partial charge in [0.15, 0.2) is 0 Å². The molecule has 0 saturated carbocycles. The summed E-state index contributed by atoms with van der Waals surface area (Å²) in [6.45, 7) is 0. The lowest BCUT2D eigenvalue weighted by Crippen LogP contribution is -2.48. The lowest BCUT2D eigenvalue weighted by Gasteiger charge is -2.22. The third-order valence-electron chi connectivity index (χ3n) is 4.22. The average Bonchev–Trinajstić information content (AvgIpc) is 3.11. The summed E-state index contributed by atoms with van der Waals surface area (Å²) in [5.74, 6) is -1.31. The molecule has 2 amide bonds. The van der Waals surface area contributed by atoms with Gasteiger partial charge in [0.25, 0.3) is 11.8 Å². The Bertz CT molecular complexity index is 1010. The molecular formula is C19H18ClFN4O3. The summed E-state index contributed by atoms with van der Waals surface area (Å²) in [7, 11) is 2.79. The molecule has 0 aliphatic carbocycles. The molecule has 0 radical (unpaired) electrons. The van der Waals surface area contributed by atoms with Crippen LogP contribution in [0.15, 0.2) is 42.6 Å². The van der Waals surface area contributed by atoms with Gasteiger partial charge in [0, 0.05) is 25.1 Å². The minimum absolute atomic E-state index is 0.170. The highest BCUT2D eigenvalue weighted by Gasteiger charge is 2.26. The van der Waals surface area contributed by atoms with Gasteiger partial charge < -0.3 is 10.3 Å². The van der Waals surface area contributed by atoms with Crippen LogP contribution in [0.4, 0.5) is 4.39 Å². The first kappa shape index (κ1) is 19.8. The Morgan fingerprint density at radius 2 is 2.04 bits per heavy atom. The van der Waals surface area contributed by atoms with Crippen LogP contribution in [-0.4, -0.2) is 47.0 Å². The molecule has 3 aromatic rings. The van der Waals surface area contributed by atoms with Crippen LogP contribution in [0.1, 0.15) is 16.1 Å². The monoisotopic (exact) mass is 404 g/mol. The van der Waals surface area contributed by atoms with Gasteiger partial charge in [-0.05, 0) is 29.8 Å². The maximum atomic E-state index is 13.1. The van der Waals surface area contributed by atoms with Crippen LogP contribution < -0.4 is 5.32 Å². The number of rotatable bonds is 6. The number of fused-ring (bicyclic) bond motifs is 1. The number of hydroxylamine groups is 2. The van der Waals surface area contributed by atoms with E-state index in [4.69, 9.17) is 16.4 Å². The van der Waals surface area contributed by atoms with Crippen molar-refractivity contribution in [3.63, 3.8) is 0 Å². The van der Waals surface area contributed by atoms with Crippen molar-refractivity contribution in [2.75, 3.05) is 14.2 Å². The number of likely N-dealkylation sites (N-methyl/N-ethyl adjacent to an activating group) is 1.